The van der Waals surface area contributed by atoms with Crippen LogP contribution in [0.4, 0.5) is 5.69 Å². The smallest absolute Gasteiger partial charge is 0.264 e. The topological polar surface area (TPSA) is 86.8 Å². The van der Waals surface area contributed by atoms with Crippen LogP contribution in [0.2, 0.25) is 10.0 Å². The van der Waals surface area contributed by atoms with Crippen LogP contribution < -0.4 is 9.62 Å². The van der Waals surface area contributed by atoms with Gasteiger partial charge in [0.1, 0.15) is 12.6 Å². The van der Waals surface area contributed by atoms with Gasteiger partial charge in [0.2, 0.25) is 11.8 Å². The van der Waals surface area contributed by atoms with E-state index in [0.717, 1.165) is 9.87 Å². The molecule has 0 heterocycles. The number of benzene rings is 3. The highest BCUT2D eigenvalue weighted by molar-refractivity contribution is 7.92. The third-order valence-electron chi connectivity index (χ3n) is 6.38. The highest BCUT2D eigenvalue weighted by Crippen LogP contribution is 2.29. The van der Waals surface area contributed by atoms with Gasteiger partial charge >= 0.3 is 0 Å². The Hall–Kier alpha value is -3.07. The lowest BCUT2D eigenvalue weighted by molar-refractivity contribution is -0.140. The number of carbonyl (C=O) groups is 2. The molecule has 3 aromatic rings. The molecule has 40 heavy (non-hydrogen) atoms. The van der Waals surface area contributed by atoms with Crippen molar-refractivity contribution in [2.24, 2.45) is 0 Å². The molecule has 7 nitrogen and oxygen atoms in total. The lowest BCUT2D eigenvalue weighted by atomic mass is 10.1. The van der Waals surface area contributed by atoms with Gasteiger partial charge in [0.05, 0.1) is 20.6 Å². The molecule has 0 aliphatic carbocycles. The van der Waals surface area contributed by atoms with Gasteiger partial charge in [-0.3, -0.25) is 13.9 Å². The number of hydrogen-bond donors (Lipinski definition) is 1. The minimum absolute atomic E-state index is 0.0336. The second-order valence-electron chi connectivity index (χ2n) is 9.97. The van der Waals surface area contributed by atoms with Gasteiger partial charge in [-0.25, -0.2) is 8.42 Å². The van der Waals surface area contributed by atoms with E-state index in [-0.39, 0.29) is 23.4 Å². The molecular weight excluding hydrogens is 569 g/mol. The summed E-state index contributed by atoms with van der Waals surface area (Å²) >= 11 is 12.3. The summed E-state index contributed by atoms with van der Waals surface area (Å²) in [4.78, 5) is 28.8. The maximum Gasteiger partial charge on any atom is 0.264 e. The summed E-state index contributed by atoms with van der Waals surface area (Å²) < 4.78 is 29.0. The number of nitrogens with one attached hydrogen (secondary N) is 1. The number of sulfonamides is 1. The Balaban J connectivity index is 2.10. The number of amides is 2. The Kier molecular flexibility index (Phi) is 10.6. The van der Waals surface area contributed by atoms with Gasteiger partial charge < -0.3 is 10.2 Å². The van der Waals surface area contributed by atoms with Crippen molar-refractivity contribution in [1.29, 1.82) is 0 Å². The molecular formula is C30H35Cl2N3O4S. The number of rotatable bonds is 11. The summed E-state index contributed by atoms with van der Waals surface area (Å²) in [5.41, 5.74) is 2.70. The standard InChI is InChI=1S/C30H35Cl2N3O4S/c1-6-27(30(37)33-20(2)3)34(18-23-13-14-25(31)26(32)17-23)29(36)19-35(28-15-12-21(4)16-22(28)5)40(38,39)24-10-8-7-9-11-24/h7-17,20,27H,6,18-19H2,1-5H3,(H,33,37). The molecule has 0 aromatic heterocycles. The van der Waals surface area contributed by atoms with E-state index in [1.165, 1.54) is 17.0 Å². The molecule has 3 rings (SSSR count). The monoisotopic (exact) mass is 603 g/mol. The first-order valence-electron chi connectivity index (χ1n) is 13.0. The van der Waals surface area contributed by atoms with Crippen LogP contribution in [0.3, 0.4) is 0 Å². The Morgan fingerprint density at radius 2 is 1.60 bits per heavy atom. The average molecular weight is 605 g/mol. The zero-order chi connectivity index (χ0) is 29.6. The number of hydrogen-bond acceptors (Lipinski definition) is 4. The fourth-order valence-corrected chi connectivity index (χ4v) is 6.27. The molecule has 1 unspecified atom stereocenters. The van der Waals surface area contributed by atoms with Crippen molar-refractivity contribution in [3.05, 3.63) is 93.5 Å². The van der Waals surface area contributed by atoms with E-state index in [2.05, 4.69) is 5.32 Å². The lowest BCUT2D eigenvalue weighted by Gasteiger charge is -2.34. The van der Waals surface area contributed by atoms with Gasteiger partial charge in [-0.1, -0.05) is 72.1 Å². The van der Waals surface area contributed by atoms with Crippen LogP contribution in [0.1, 0.15) is 43.9 Å². The zero-order valence-electron chi connectivity index (χ0n) is 23.3. The van der Waals surface area contributed by atoms with E-state index in [1.807, 2.05) is 33.8 Å². The molecule has 214 valence electrons. The highest BCUT2D eigenvalue weighted by atomic mass is 35.5. The van der Waals surface area contributed by atoms with Crippen molar-refractivity contribution in [2.45, 2.75) is 64.6 Å². The fraction of sp³-hybridized carbons (Fsp3) is 0.333. The lowest BCUT2D eigenvalue weighted by Crippen LogP contribution is -2.53. The molecule has 10 heteroatoms. The van der Waals surface area contributed by atoms with Crippen LogP contribution in [0.5, 0.6) is 0 Å². The van der Waals surface area contributed by atoms with E-state index >= 15 is 0 Å². The summed E-state index contributed by atoms with van der Waals surface area (Å²) in [6, 6.07) is 17.4. The molecule has 0 spiro atoms. The first-order chi connectivity index (χ1) is 18.8. The number of aryl methyl sites for hydroxylation is 2. The molecule has 0 aliphatic heterocycles. The quantitative estimate of drug-likeness (QED) is 0.285. The van der Waals surface area contributed by atoms with Gasteiger partial charge in [0.25, 0.3) is 10.0 Å². The number of anilines is 1. The van der Waals surface area contributed by atoms with Crippen molar-refractivity contribution in [3.8, 4) is 0 Å². The summed E-state index contributed by atoms with van der Waals surface area (Å²) in [6.45, 7) is 8.73. The summed E-state index contributed by atoms with van der Waals surface area (Å²) in [5, 5.41) is 3.56. The van der Waals surface area contributed by atoms with E-state index in [9.17, 15) is 18.0 Å². The van der Waals surface area contributed by atoms with E-state index in [1.54, 1.807) is 55.5 Å². The number of halogens is 2. The minimum atomic E-state index is -4.13. The molecule has 0 radical (unpaired) electrons. The van der Waals surface area contributed by atoms with Crippen molar-refractivity contribution in [2.75, 3.05) is 10.8 Å². The van der Waals surface area contributed by atoms with Crippen LogP contribution in [0.25, 0.3) is 0 Å². The first-order valence-corrected chi connectivity index (χ1v) is 15.2. The largest absolute Gasteiger partial charge is 0.352 e. The summed E-state index contributed by atoms with van der Waals surface area (Å²) in [6.07, 6.45) is 0.320. The minimum Gasteiger partial charge on any atom is -0.352 e. The first kappa shape index (κ1) is 31.5. The van der Waals surface area contributed by atoms with E-state index < -0.39 is 28.5 Å². The number of nitrogens with zero attached hydrogens (tertiary/aromatic N) is 2. The van der Waals surface area contributed by atoms with E-state index in [4.69, 9.17) is 23.2 Å². The molecule has 3 aromatic carbocycles. The molecule has 1 atom stereocenters. The third kappa shape index (κ3) is 7.56. The predicted octanol–water partition coefficient (Wildman–Crippen LogP) is 6.14. The Labute approximate surface area is 247 Å². The van der Waals surface area contributed by atoms with Crippen molar-refractivity contribution >= 4 is 50.7 Å². The van der Waals surface area contributed by atoms with Crippen molar-refractivity contribution in [3.63, 3.8) is 0 Å². The third-order valence-corrected chi connectivity index (χ3v) is 8.90. The summed E-state index contributed by atoms with van der Waals surface area (Å²) in [7, 11) is -4.13. The van der Waals surface area contributed by atoms with Gasteiger partial charge in [0, 0.05) is 12.6 Å². The van der Waals surface area contributed by atoms with Gasteiger partial charge in [0.15, 0.2) is 0 Å². The summed E-state index contributed by atoms with van der Waals surface area (Å²) in [5.74, 6) is -0.855. The van der Waals surface area contributed by atoms with E-state index in [0.29, 0.717) is 33.3 Å². The van der Waals surface area contributed by atoms with Crippen LogP contribution in [-0.4, -0.2) is 43.8 Å². The molecule has 1 N–H and O–H groups in total. The molecule has 0 fully saturated rings. The van der Waals surface area contributed by atoms with Crippen molar-refractivity contribution < 1.29 is 18.0 Å². The SMILES string of the molecule is CCC(C(=O)NC(C)C)N(Cc1ccc(Cl)c(Cl)c1)C(=O)CN(c1ccc(C)cc1C)S(=O)(=O)c1ccccc1. The van der Waals surface area contributed by atoms with Crippen molar-refractivity contribution in [1.82, 2.24) is 10.2 Å². The number of carbonyl (C=O) groups excluding carboxylic acids is 2. The van der Waals surface area contributed by atoms with Crippen LogP contribution >= 0.6 is 23.2 Å². The highest BCUT2D eigenvalue weighted by Gasteiger charge is 2.34. The molecule has 0 saturated heterocycles. The van der Waals surface area contributed by atoms with Gasteiger partial charge in [-0.15, -0.1) is 0 Å². The van der Waals surface area contributed by atoms with Gasteiger partial charge in [-0.05, 0) is 75.6 Å². The Morgan fingerprint density at radius 3 is 2.17 bits per heavy atom. The molecule has 2 amide bonds. The normalized spacial score (nSPS) is 12.2. The molecule has 0 bridgehead atoms. The van der Waals surface area contributed by atoms with Gasteiger partial charge in [-0.2, -0.15) is 0 Å². The zero-order valence-corrected chi connectivity index (χ0v) is 25.6. The molecule has 0 aliphatic rings. The Bertz CT molecular complexity index is 1460. The molecule has 0 saturated carbocycles. The maximum absolute atomic E-state index is 14.1. The second-order valence-corrected chi connectivity index (χ2v) is 12.6. The fourth-order valence-electron chi connectivity index (χ4n) is 4.45. The van der Waals surface area contributed by atoms with Crippen LogP contribution in [0, 0.1) is 13.8 Å². The second kappa shape index (κ2) is 13.5. The van der Waals surface area contributed by atoms with Crippen LogP contribution in [0.15, 0.2) is 71.6 Å². The van der Waals surface area contributed by atoms with Crippen LogP contribution in [-0.2, 0) is 26.2 Å². The average Bonchev–Trinajstić information content (AvgIpc) is 2.89. The Morgan fingerprint density at radius 1 is 0.925 bits per heavy atom. The predicted molar refractivity (Wildman–Crippen MR) is 161 cm³/mol. The maximum atomic E-state index is 14.1.